The molecule has 2 nitrogen and oxygen atoms in total. The molecule has 0 fully saturated rings. The Bertz CT molecular complexity index is 217. The van der Waals surface area contributed by atoms with Gasteiger partial charge in [-0.05, 0) is 31.9 Å². The molecule has 1 aromatic heterocycles. The second kappa shape index (κ2) is 2.33. The van der Waals surface area contributed by atoms with Crippen LogP contribution in [0.2, 0.25) is 0 Å². The van der Waals surface area contributed by atoms with E-state index in [2.05, 4.69) is 36.8 Å². The minimum absolute atomic E-state index is 0.0521. The molecule has 8 heavy (non-hydrogen) atoms. The third-order valence-electron chi connectivity index (χ3n) is 0.567. The summed E-state index contributed by atoms with van der Waals surface area (Å²) < 4.78 is 1.52. The lowest BCUT2D eigenvalue weighted by Gasteiger charge is -1.73. The molecule has 0 radical (unpaired) electrons. The van der Waals surface area contributed by atoms with Crippen LogP contribution in [0, 0.1) is 0 Å². The third kappa shape index (κ3) is 1.21. The van der Waals surface area contributed by atoms with Crippen LogP contribution in [0.5, 0.6) is 0 Å². The zero-order chi connectivity index (χ0) is 6.15. The van der Waals surface area contributed by atoms with E-state index in [4.69, 9.17) is 0 Å². The van der Waals surface area contributed by atoms with Crippen molar-refractivity contribution < 1.29 is 0 Å². The summed E-state index contributed by atoms with van der Waals surface area (Å²) in [6.45, 7) is 0. The fraction of sp³-hybridized carbons (Fsp3) is 0. The molecule has 0 aliphatic carbocycles. The second-order valence-electron chi connectivity index (χ2n) is 1.10. The van der Waals surface area contributed by atoms with Gasteiger partial charge in [-0.1, -0.05) is 11.3 Å². The van der Waals surface area contributed by atoms with Gasteiger partial charge >= 0.3 is 4.87 Å². The molecular weight excluding hydrogens is 258 g/mol. The van der Waals surface area contributed by atoms with Crippen molar-refractivity contribution in [2.45, 2.75) is 0 Å². The summed E-state index contributed by atoms with van der Waals surface area (Å²) in [5.74, 6) is 0. The summed E-state index contributed by atoms with van der Waals surface area (Å²) >= 11 is 7.41. The quantitative estimate of drug-likeness (QED) is 0.758. The maximum atomic E-state index is 10.4. The zero-order valence-corrected chi connectivity index (χ0v) is 7.56. The van der Waals surface area contributed by atoms with E-state index in [0.717, 1.165) is 15.1 Å². The Morgan fingerprint density at radius 1 is 1.50 bits per heavy atom. The lowest BCUT2D eigenvalue weighted by Crippen LogP contribution is -1.89. The van der Waals surface area contributed by atoms with E-state index >= 15 is 0 Å². The molecule has 0 amide bonds. The number of aromatic nitrogens is 1. The van der Waals surface area contributed by atoms with Crippen molar-refractivity contribution in [2.24, 2.45) is 0 Å². The SMILES string of the molecule is O=c1[nH]c(Br)c(Br)s1. The predicted molar refractivity (Wildman–Crippen MR) is 40.3 cm³/mol. The number of rotatable bonds is 0. The summed E-state index contributed by atoms with van der Waals surface area (Å²) in [5.41, 5.74) is 0. The molecule has 0 saturated heterocycles. The molecule has 0 aliphatic rings. The number of H-pyrrole nitrogens is 1. The van der Waals surface area contributed by atoms with Gasteiger partial charge < -0.3 is 4.98 Å². The van der Waals surface area contributed by atoms with E-state index in [0.29, 0.717) is 4.60 Å². The molecule has 0 atom stereocenters. The summed E-state index contributed by atoms with van der Waals surface area (Å²) in [6.07, 6.45) is 0. The van der Waals surface area contributed by atoms with Crippen LogP contribution in [0.3, 0.4) is 0 Å². The minimum Gasteiger partial charge on any atom is -0.306 e. The van der Waals surface area contributed by atoms with Gasteiger partial charge in [0.25, 0.3) is 0 Å². The van der Waals surface area contributed by atoms with E-state index < -0.39 is 0 Å². The highest BCUT2D eigenvalue weighted by Gasteiger charge is 1.97. The summed E-state index contributed by atoms with van der Waals surface area (Å²) in [6, 6.07) is 0. The van der Waals surface area contributed by atoms with Crippen LogP contribution in [0.4, 0.5) is 0 Å². The van der Waals surface area contributed by atoms with Gasteiger partial charge in [-0.3, -0.25) is 4.79 Å². The van der Waals surface area contributed by atoms with E-state index in [9.17, 15) is 4.79 Å². The molecule has 0 saturated carbocycles. The molecule has 1 aromatic rings. The van der Waals surface area contributed by atoms with E-state index in [-0.39, 0.29) is 4.87 Å². The number of hydrogen-bond acceptors (Lipinski definition) is 2. The van der Waals surface area contributed by atoms with Crippen LogP contribution < -0.4 is 4.87 Å². The number of nitrogens with one attached hydrogen (secondary N) is 1. The van der Waals surface area contributed by atoms with Gasteiger partial charge in [0.15, 0.2) is 0 Å². The molecule has 0 bridgehead atoms. The standard InChI is InChI=1S/C3HBr2NOS/c4-1-2(5)8-3(7)6-1/h(H,6,7). The Labute approximate surface area is 66.2 Å². The third-order valence-corrected chi connectivity index (χ3v) is 3.51. The van der Waals surface area contributed by atoms with Crippen LogP contribution in [0.25, 0.3) is 0 Å². The molecular formula is C3HBr2NOS. The van der Waals surface area contributed by atoms with Gasteiger partial charge in [-0.2, -0.15) is 0 Å². The van der Waals surface area contributed by atoms with Crippen LogP contribution in [-0.2, 0) is 0 Å². The normalized spacial score (nSPS) is 9.75. The first-order valence-electron chi connectivity index (χ1n) is 1.74. The molecule has 5 heteroatoms. The maximum Gasteiger partial charge on any atom is 0.306 e. The largest absolute Gasteiger partial charge is 0.306 e. The summed E-state index contributed by atoms with van der Waals surface area (Å²) in [5, 5.41) is 0. The van der Waals surface area contributed by atoms with E-state index in [1.54, 1.807) is 0 Å². The highest BCUT2D eigenvalue weighted by Crippen LogP contribution is 2.21. The molecule has 1 rings (SSSR count). The van der Waals surface area contributed by atoms with Gasteiger partial charge in [-0.15, -0.1) is 0 Å². The first kappa shape index (κ1) is 6.51. The van der Waals surface area contributed by atoms with Crippen molar-refractivity contribution >= 4 is 43.2 Å². The van der Waals surface area contributed by atoms with Crippen LogP contribution in [0.1, 0.15) is 0 Å². The number of aromatic amines is 1. The topological polar surface area (TPSA) is 32.9 Å². The molecule has 1 N–H and O–H groups in total. The van der Waals surface area contributed by atoms with Crippen molar-refractivity contribution in [3.63, 3.8) is 0 Å². The van der Waals surface area contributed by atoms with Crippen LogP contribution in [-0.4, -0.2) is 4.98 Å². The van der Waals surface area contributed by atoms with Crippen molar-refractivity contribution in [1.29, 1.82) is 0 Å². The Morgan fingerprint density at radius 3 is 2.25 bits per heavy atom. The monoisotopic (exact) mass is 257 g/mol. The van der Waals surface area contributed by atoms with E-state index in [1.807, 2.05) is 0 Å². The summed E-state index contributed by atoms with van der Waals surface area (Å²) in [4.78, 5) is 12.9. The smallest absolute Gasteiger partial charge is 0.306 e. The maximum absolute atomic E-state index is 10.4. The minimum atomic E-state index is -0.0521. The number of hydrogen-bond donors (Lipinski definition) is 1. The highest BCUT2D eigenvalue weighted by atomic mass is 79.9. The molecule has 1 heterocycles. The lowest BCUT2D eigenvalue weighted by atomic mass is 11.0. The van der Waals surface area contributed by atoms with Gasteiger partial charge in [-0.25, -0.2) is 0 Å². The van der Waals surface area contributed by atoms with Crippen molar-refractivity contribution in [2.75, 3.05) is 0 Å². The molecule has 0 unspecified atom stereocenters. The Kier molecular flexibility index (Phi) is 1.89. The van der Waals surface area contributed by atoms with Crippen molar-refractivity contribution in [3.8, 4) is 0 Å². The van der Waals surface area contributed by atoms with Gasteiger partial charge in [0.2, 0.25) is 0 Å². The zero-order valence-electron chi connectivity index (χ0n) is 3.57. The molecule has 44 valence electrons. The second-order valence-corrected chi connectivity index (χ2v) is 4.20. The first-order valence-corrected chi connectivity index (χ1v) is 4.14. The van der Waals surface area contributed by atoms with Gasteiger partial charge in [0.05, 0.1) is 0 Å². The van der Waals surface area contributed by atoms with Crippen LogP contribution in [0.15, 0.2) is 13.2 Å². The molecule has 0 aromatic carbocycles. The first-order chi connectivity index (χ1) is 3.70. The fourth-order valence-electron chi connectivity index (χ4n) is 0.290. The Hall–Kier alpha value is 0.390. The average Bonchev–Trinajstić information content (AvgIpc) is 1.85. The van der Waals surface area contributed by atoms with Crippen LogP contribution >= 0.6 is 43.2 Å². The van der Waals surface area contributed by atoms with Gasteiger partial charge in [0.1, 0.15) is 8.39 Å². The lowest BCUT2D eigenvalue weighted by molar-refractivity contribution is 1.29. The number of thiazole rings is 1. The molecule has 0 spiro atoms. The van der Waals surface area contributed by atoms with Crippen molar-refractivity contribution in [3.05, 3.63) is 18.1 Å². The van der Waals surface area contributed by atoms with Crippen molar-refractivity contribution in [1.82, 2.24) is 4.98 Å². The number of halogens is 2. The average molecular weight is 259 g/mol. The highest BCUT2D eigenvalue weighted by molar-refractivity contribution is 9.13. The Balaban J connectivity index is 3.35. The fourth-order valence-corrected chi connectivity index (χ4v) is 1.84. The van der Waals surface area contributed by atoms with E-state index in [1.165, 1.54) is 0 Å². The molecule has 0 aliphatic heterocycles. The van der Waals surface area contributed by atoms with Gasteiger partial charge in [0, 0.05) is 0 Å². The predicted octanol–water partition coefficient (Wildman–Crippen LogP) is 1.96. The Morgan fingerprint density at radius 2 is 2.12 bits per heavy atom. The summed E-state index contributed by atoms with van der Waals surface area (Å²) in [7, 11) is 0.